The van der Waals surface area contributed by atoms with E-state index in [0.29, 0.717) is 0 Å². The minimum Gasteiger partial charge on any atom is -0.307 e. The molecule has 238 valence electrons. The van der Waals surface area contributed by atoms with E-state index in [1.165, 1.54) is 52.8 Å². The number of pyridine rings is 1. The van der Waals surface area contributed by atoms with Crippen molar-refractivity contribution in [2.75, 3.05) is 0 Å². The largest absolute Gasteiger partial charge is 0.307 e. The van der Waals surface area contributed by atoms with Crippen LogP contribution in [0.2, 0.25) is 0 Å². The van der Waals surface area contributed by atoms with Crippen LogP contribution in [-0.4, -0.2) is 14.1 Å². The molecule has 0 aliphatic heterocycles. The predicted molar refractivity (Wildman–Crippen MR) is 217 cm³/mol. The van der Waals surface area contributed by atoms with Crippen molar-refractivity contribution in [3.05, 3.63) is 176 Å². The van der Waals surface area contributed by atoms with Crippen molar-refractivity contribution in [1.29, 1.82) is 0 Å². The normalized spacial score (nSPS) is 11.9. The first-order valence-electron chi connectivity index (χ1n) is 17.3. The van der Waals surface area contributed by atoms with E-state index >= 15 is 0 Å². The van der Waals surface area contributed by atoms with E-state index in [0.717, 1.165) is 44.9 Å². The Hall–Kier alpha value is -6.49. The van der Waals surface area contributed by atoms with E-state index in [1.54, 1.807) is 0 Å². The van der Waals surface area contributed by atoms with E-state index < -0.39 is 0 Å². The molecule has 11 aromatic rings. The Morgan fingerprint density at radius 1 is 0.373 bits per heavy atom. The van der Waals surface area contributed by atoms with Gasteiger partial charge in [-0.1, -0.05) is 121 Å². The van der Waals surface area contributed by atoms with Crippen molar-refractivity contribution in [1.82, 2.24) is 14.1 Å². The molecule has 0 bridgehead atoms. The summed E-state index contributed by atoms with van der Waals surface area (Å²) in [5, 5.41) is 7.43. The lowest BCUT2D eigenvalue weighted by Crippen LogP contribution is -2.02. The Labute approximate surface area is 297 Å². The molecule has 3 nitrogen and oxygen atoms in total. The van der Waals surface area contributed by atoms with Gasteiger partial charge in [0, 0.05) is 53.0 Å². The van der Waals surface area contributed by atoms with Gasteiger partial charge in [-0.15, -0.1) is 11.3 Å². The maximum absolute atomic E-state index is 5.56. The summed E-state index contributed by atoms with van der Waals surface area (Å²) in [7, 11) is 0. The highest BCUT2D eigenvalue weighted by Crippen LogP contribution is 2.43. The Morgan fingerprint density at radius 2 is 0.961 bits per heavy atom. The molecule has 0 aliphatic carbocycles. The van der Waals surface area contributed by atoms with Crippen LogP contribution in [0.3, 0.4) is 0 Å². The van der Waals surface area contributed by atoms with Crippen LogP contribution in [0, 0.1) is 0 Å². The van der Waals surface area contributed by atoms with Crippen molar-refractivity contribution in [3.8, 4) is 33.9 Å². The summed E-state index contributed by atoms with van der Waals surface area (Å²) in [4.78, 5) is 5.56. The van der Waals surface area contributed by atoms with Crippen molar-refractivity contribution < 1.29 is 0 Å². The van der Waals surface area contributed by atoms with E-state index in [2.05, 4.69) is 185 Å². The van der Waals surface area contributed by atoms with Crippen molar-refractivity contribution in [3.63, 3.8) is 0 Å². The molecule has 4 heteroatoms. The fraction of sp³-hybridized carbons (Fsp3) is 0. The number of para-hydroxylation sites is 3. The van der Waals surface area contributed by atoms with Crippen molar-refractivity contribution in [2.24, 2.45) is 0 Å². The summed E-state index contributed by atoms with van der Waals surface area (Å²) >= 11 is 1.84. The van der Waals surface area contributed by atoms with Crippen LogP contribution < -0.4 is 0 Å². The van der Waals surface area contributed by atoms with Crippen molar-refractivity contribution in [2.45, 2.75) is 0 Å². The molecular weight excluding hydrogens is 639 g/mol. The van der Waals surface area contributed by atoms with Gasteiger partial charge in [-0.2, -0.15) is 0 Å². The average Bonchev–Trinajstić information content (AvgIpc) is 3.86. The van der Waals surface area contributed by atoms with Gasteiger partial charge in [-0.05, 0) is 65.7 Å². The second kappa shape index (κ2) is 11.0. The van der Waals surface area contributed by atoms with Crippen LogP contribution >= 0.6 is 11.3 Å². The third-order valence-electron chi connectivity index (χ3n) is 10.3. The molecule has 0 saturated carbocycles. The van der Waals surface area contributed by atoms with Gasteiger partial charge in [0.05, 0.1) is 27.8 Å². The summed E-state index contributed by atoms with van der Waals surface area (Å²) in [5.41, 5.74) is 10.1. The maximum Gasteiger partial charge on any atom is 0.138 e. The van der Waals surface area contributed by atoms with Crippen LogP contribution in [0.1, 0.15) is 0 Å². The number of aromatic nitrogens is 3. The second-order valence-corrected chi connectivity index (χ2v) is 14.3. The molecule has 0 atom stereocenters. The number of thiophene rings is 1. The third kappa shape index (κ3) is 4.27. The zero-order valence-corrected chi connectivity index (χ0v) is 28.3. The van der Waals surface area contributed by atoms with Gasteiger partial charge < -0.3 is 4.57 Å². The van der Waals surface area contributed by atoms with Crippen molar-refractivity contribution >= 4 is 75.1 Å². The van der Waals surface area contributed by atoms with Crippen LogP contribution in [0.15, 0.2) is 176 Å². The summed E-state index contributed by atoms with van der Waals surface area (Å²) in [6.45, 7) is 0. The summed E-state index contributed by atoms with van der Waals surface area (Å²) in [5.74, 6) is 0.894. The molecule has 0 spiro atoms. The smallest absolute Gasteiger partial charge is 0.138 e. The SMILES string of the molecule is c1ccc(-c2cc(-c3ccc4sc5ccccc5c4c3)nc(-n3c4ccccc4c4ccc5c6ccccc6n(-c6ccccc6)c5c43)c2)cc1. The molecule has 0 saturated heterocycles. The first kappa shape index (κ1) is 28.4. The van der Waals surface area contributed by atoms with Gasteiger partial charge >= 0.3 is 0 Å². The van der Waals surface area contributed by atoms with Crippen LogP contribution in [0.5, 0.6) is 0 Å². The lowest BCUT2D eigenvalue weighted by atomic mass is 10.0. The van der Waals surface area contributed by atoms with E-state index in [1.807, 2.05) is 11.3 Å². The first-order valence-corrected chi connectivity index (χ1v) is 18.1. The molecule has 0 radical (unpaired) electrons. The second-order valence-electron chi connectivity index (χ2n) is 13.2. The van der Waals surface area contributed by atoms with Gasteiger partial charge in [0.15, 0.2) is 0 Å². The molecule has 0 fully saturated rings. The Morgan fingerprint density at radius 3 is 1.71 bits per heavy atom. The number of hydrogen-bond donors (Lipinski definition) is 0. The molecule has 0 N–H and O–H groups in total. The van der Waals surface area contributed by atoms with E-state index in [9.17, 15) is 0 Å². The lowest BCUT2D eigenvalue weighted by molar-refractivity contribution is 1.08. The third-order valence-corrected chi connectivity index (χ3v) is 11.5. The summed E-state index contributed by atoms with van der Waals surface area (Å²) in [6.07, 6.45) is 0. The molecule has 0 amide bonds. The topological polar surface area (TPSA) is 22.8 Å². The van der Waals surface area contributed by atoms with Crippen LogP contribution in [-0.2, 0) is 0 Å². The van der Waals surface area contributed by atoms with E-state index in [-0.39, 0.29) is 0 Å². The van der Waals surface area contributed by atoms with E-state index in [4.69, 9.17) is 4.98 Å². The minimum absolute atomic E-state index is 0.894. The highest BCUT2D eigenvalue weighted by atomic mass is 32.1. The fourth-order valence-corrected chi connectivity index (χ4v) is 9.13. The molecule has 11 rings (SSSR count). The molecular formula is C47H29N3S. The molecule has 51 heavy (non-hydrogen) atoms. The van der Waals surface area contributed by atoms with Crippen LogP contribution in [0.4, 0.5) is 0 Å². The zero-order valence-electron chi connectivity index (χ0n) is 27.5. The predicted octanol–water partition coefficient (Wildman–Crippen LogP) is 13.0. The first-order chi connectivity index (χ1) is 25.3. The Bertz CT molecular complexity index is 3130. The highest BCUT2D eigenvalue weighted by molar-refractivity contribution is 7.25. The van der Waals surface area contributed by atoms with Gasteiger partial charge in [-0.25, -0.2) is 4.98 Å². The standard InChI is InChI=1S/C47H29N3S/c1-3-13-30(14-4-1)32-28-40(31-23-26-44-39(27-31)36-19-9-12-22-43(36)51-44)48-45(29-32)50-42-21-11-8-18-35(42)38-25-24-37-34-17-7-10-20-41(34)49(46(37)47(38)50)33-15-5-2-6-16-33/h1-29H. The van der Waals surface area contributed by atoms with Crippen LogP contribution in [0.25, 0.3) is 97.7 Å². The van der Waals surface area contributed by atoms with Gasteiger partial charge in [-0.3, -0.25) is 4.57 Å². The number of nitrogens with zero attached hydrogens (tertiary/aromatic N) is 3. The molecule has 4 aromatic heterocycles. The number of fused-ring (bicyclic) bond motifs is 10. The molecule has 0 unspecified atom stereocenters. The molecule has 7 aromatic carbocycles. The quantitative estimate of drug-likeness (QED) is 0.183. The molecule has 0 aliphatic rings. The average molecular weight is 668 g/mol. The summed E-state index contributed by atoms with van der Waals surface area (Å²) in [6, 6.07) is 63.5. The fourth-order valence-electron chi connectivity index (χ4n) is 8.05. The van der Waals surface area contributed by atoms with Gasteiger partial charge in [0.2, 0.25) is 0 Å². The maximum atomic E-state index is 5.56. The Balaban J connectivity index is 1.28. The summed E-state index contributed by atoms with van der Waals surface area (Å²) < 4.78 is 7.43. The lowest BCUT2D eigenvalue weighted by Gasteiger charge is -2.15. The molecule has 4 heterocycles. The van der Waals surface area contributed by atoms with Gasteiger partial charge in [0.1, 0.15) is 5.82 Å². The van der Waals surface area contributed by atoms with Gasteiger partial charge in [0.25, 0.3) is 0 Å². The highest BCUT2D eigenvalue weighted by Gasteiger charge is 2.22. The number of rotatable bonds is 4. The zero-order chi connectivity index (χ0) is 33.5. The number of benzene rings is 7. The monoisotopic (exact) mass is 667 g/mol. The number of hydrogen-bond acceptors (Lipinski definition) is 2. The minimum atomic E-state index is 0.894. The Kier molecular flexibility index (Phi) is 6.12.